The number of carboxylic acid groups (broad SMARTS) is 1. The van der Waals surface area contributed by atoms with Crippen molar-refractivity contribution >= 4 is 32.2 Å². The van der Waals surface area contributed by atoms with Gasteiger partial charge in [-0.25, -0.2) is 14.4 Å². The molecule has 0 fully saturated rings. The molecule has 0 aromatic heterocycles. The molecule has 0 radical (unpaired) electrons. The summed E-state index contributed by atoms with van der Waals surface area (Å²) in [6.45, 7) is 3.07. The number of carboxylic acids is 1. The minimum absolute atomic E-state index is 0.0451. The maximum Gasteiger partial charge on any atom is 0.504 e. The molecule has 0 spiro atoms. The fourth-order valence-electron chi connectivity index (χ4n) is 1.50. The van der Waals surface area contributed by atoms with Crippen LogP contribution in [0.3, 0.4) is 0 Å². The standard InChI is InChI=1S/C13H20NO10P/c1-4-10(15)22-8-23-13(19)14(12(18)21-5-2)9(11(16)17)6-7-24-25(3)20/h9H,4-8H2,1-3H3/p+1. The van der Waals surface area contributed by atoms with Crippen LogP contribution in [0.25, 0.3) is 0 Å². The second-order valence-electron chi connectivity index (χ2n) is 4.38. The highest BCUT2D eigenvalue weighted by Crippen LogP contribution is 2.18. The molecule has 2 amide bonds. The molecule has 0 aromatic rings. The van der Waals surface area contributed by atoms with E-state index in [2.05, 4.69) is 14.2 Å². The number of ether oxygens (including phenoxy) is 3. The number of amides is 2. The predicted octanol–water partition coefficient (Wildman–Crippen LogP) is 1.72. The van der Waals surface area contributed by atoms with Crippen LogP contribution in [0.5, 0.6) is 0 Å². The summed E-state index contributed by atoms with van der Waals surface area (Å²) < 4.78 is 29.4. The Morgan fingerprint density at radius 1 is 1.08 bits per heavy atom. The first kappa shape index (κ1) is 22.7. The molecule has 1 N–H and O–H groups in total. The molecule has 142 valence electrons. The van der Waals surface area contributed by atoms with Gasteiger partial charge in [-0.2, -0.15) is 4.90 Å². The Bertz CT molecular complexity index is 509. The summed E-state index contributed by atoms with van der Waals surface area (Å²) in [5, 5.41) is 9.26. The molecular weight excluding hydrogens is 361 g/mol. The zero-order valence-electron chi connectivity index (χ0n) is 14.1. The molecule has 25 heavy (non-hydrogen) atoms. The largest absolute Gasteiger partial charge is 0.504 e. The van der Waals surface area contributed by atoms with Crippen molar-refractivity contribution in [2.24, 2.45) is 0 Å². The molecule has 0 aliphatic rings. The van der Waals surface area contributed by atoms with Gasteiger partial charge in [0, 0.05) is 12.8 Å². The Hall–Kier alpha value is -2.26. The number of rotatable bonds is 10. The van der Waals surface area contributed by atoms with E-state index in [-0.39, 0.29) is 31.0 Å². The van der Waals surface area contributed by atoms with Gasteiger partial charge in [0.25, 0.3) is 0 Å². The first-order valence-corrected chi connectivity index (χ1v) is 8.91. The minimum Gasteiger partial charge on any atom is -0.480 e. The molecule has 0 aromatic carbocycles. The van der Waals surface area contributed by atoms with Crippen molar-refractivity contribution in [2.75, 3.05) is 26.7 Å². The van der Waals surface area contributed by atoms with E-state index < -0.39 is 45.0 Å². The quantitative estimate of drug-likeness (QED) is 0.336. The highest BCUT2D eigenvalue weighted by atomic mass is 31.1. The molecule has 0 saturated heterocycles. The number of carbonyl (C=O) groups is 4. The number of hydrogen-bond donors (Lipinski definition) is 1. The molecule has 12 heteroatoms. The second kappa shape index (κ2) is 12.2. The van der Waals surface area contributed by atoms with Crippen LogP contribution in [0, 0.1) is 0 Å². The Morgan fingerprint density at radius 2 is 1.68 bits per heavy atom. The number of carbonyl (C=O) groups excluding carboxylic acids is 3. The lowest BCUT2D eigenvalue weighted by molar-refractivity contribution is -0.153. The van der Waals surface area contributed by atoms with Gasteiger partial charge in [-0.15, -0.1) is 4.52 Å². The summed E-state index contributed by atoms with van der Waals surface area (Å²) in [6.07, 6.45) is -2.91. The van der Waals surface area contributed by atoms with Crippen molar-refractivity contribution in [2.45, 2.75) is 32.7 Å². The summed E-state index contributed by atoms with van der Waals surface area (Å²) in [5.74, 6) is -2.17. The van der Waals surface area contributed by atoms with E-state index in [1.807, 2.05) is 0 Å². The number of hydrogen-bond acceptors (Lipinski definition) is 9. The van der Waals surface area contributed by atoms with Gasteiger partial charge in [0.2, 0.25) is 6.79 Å². The molecule has 11 nitrogen and oxygen atoms in total. The van der Waals surface area contributed by atoms with E-state index in [1.54, 1.807) is 0 Å². The lowest BCUT2D eigenvalue weighted by atomic mass is 10.2. The highest BCUT2D eigenvalue weighted by Gasteiger charge is 2.37. The summed E-state index contributed by atoms with van der Waals surface area (Å²) in [6, 6.07) is -1.68. The average molecular weight is 382 g/mol. The minimum atomic E-state index is -1.98. The van der Waals surface area contributed by atoms with Gasteiger partial charge in [0.05, 0.1) is 6.61 Å². The van der Waals surface area contributed by atoms with E-state index in [1.165, 1.54) is 20.5 Å². The van der Waals surface area contributed by atoms with Gasteiger partial charge in [-0.3, -0.25) is 4.79 Å². The van der Waals surface area contributed by atoms with Gasteiger partial charge in [-0.1, -0.05) is 6.92 Å². The van der Waals surface area contributed by atoms with E-state index in [0.29, 0.717) is 0 Å². The van der Waals surface area contributed by atoms with Crippen LogP contribution in [0.15, 0.2) is 0 Å². The third-order valence-corrected chi connectivity index (χ3v) is 3.16. The monoisotopic (exact) mass is 382 g/mol. The molecule has 0 aliphatic carbocycles. The first-order chi connectivity index (χ1) is 11.7. The molecule has 2 unspecified atom stereocenters. The maximum absolute atomic E-state index is 12.0. The fraction of sp³-hybridized carbons (Fsp3) is 0.692. The summed E-state index contributed by atoms with van der Waals surface area (Å²) in [4.78, 5) is 46.5. The van der Waals surface area contributed by atoms with E-state index in [4.69, 9.17) is 4.52 Å². The van der Waals surface area contributed by atoms with Gasteiger partial charge < -0.3 is 19.3 Å². The van der Waals surface area contributed by atoms with Gasteiger partial charge in [0.15, 0.2) is 6.66 Å². The van der Waals surface area contributed by atoms with Crippen molar-refractivity contribution in [1.29, 1.82) is 0 Å². The van der Waals surface area contributed by atoms with E-state index >= 15 is 0 Å². The van der Waals surface area contributed by atoms with Crippen molar-refractivity contribution in [3.8, 4) is 0 Å². The Kier molecular flexibility index (Phi) is 11.1. The molecule has 0 rings (SSSR count). The predicted molar refractivity (Wildman–Crippen MR) is 82.1 cm³/mol. The van der Waals surface area contributed by atoms with Crippen molar-refractivity contribution in [1.82, 2.24) is 4.90 Å². The number of nitrogens with zero attached hydrogens (tertiary/aromatic N) is 1. The van der Waals surface area contributed by atoms with Crippen molar-refractivity contribution in [3.05, 3.63) is 0 Å². The SMILES string of the molecule is CCOC(=O)N(C(=O)OCOC(=O)CC)C(CCO[P+](C)=O)C(=O)O. The normalized spacial score (nSPS) is 11.9. The summed E-state index contributed by atoms with van der Waals surface area (Å²) in [7, 11) is -1.98. The first-order valence-electron chi connectivity index (χ1n) is 7.29. The number of esters is 1. The second-order valence-corrected chi connectivity index (χ2v) is 5.52. The van der Waals surface area contributed by atoms with Gasteiger partial charge in [-0.05, 0) is 11.5 Å². The number of imide groups is 1. The number of aliphatic carboxylic acids is 1. The van der Waals surface area contributed by atoms with Crippen LogP contribution in [0.2, 0.25) is 0 Å². The molecule has 0 bridgehead atoms. The maximum atomic E-state index is 12.0. The van der Waals surface area contributed by atoms with Crippen LogP contribution in [-0.4, -0.2) is 66.8 Å². The third kappa shape index (κ3) is 8.96. The van der Waals surface area contributed by atoms with Crippen LogP contribution in [0.4, 0.5) is 9.59 Å². The zero-order chi connectivity index (χ0) is 19.4. The van der Waals surface area contributed by atoms with Gasteiger partial charge in [0.1, 0.15) is 12.6 Å². The summed E-state index contributed by atoms with van der Waals surface area (Å²) in [5.41, 5.74) is 0. The van der Waals surface area contributed by atoms with Gasteiger partial charge >= 0.3 is 32.2 Å². The lowest BCUT2D eigenvalue weighted by Crippen LogP contribution is -2.49. The highest BCUT2D eigenvalue weighted by molar-refractivity contribution is 7.38. The topological polar surface area (TPSA) is 146 Å². The zero-order valence-corrected chi connectivity index (χ0v) is 15.0. The summed E-state index contributed by atoms with van der Waals surface area (Å²) >= 11 is 0. The molecule has 0 heterocycles. The Labute approximate surface area is 145 Å². The average Bonchev–Trinajstić information content (AvgIpc) is 2.53. The Balaban J connectivity index is 5.09. The van der Waals surface area contributed by atoms with E-state index in [9.17, 15) is 28.8 Å². The molecule has 0 aliphatic heterocycles. The Morgan fingerprint density at radius 3 is 2.16 bits per heavy atom. The molecule has 0 saturated carbocycles. The molecular formula is C13H21NO10P+. The lowest BCUT2D eigenvalue weighted by Gasteiger charge is -2.24. The smallest absolute Gasteiger partial charge is 0.480 e. The van der Waals surface area contributed by atoms with Crippen LogP contribution in [0.1, 0.15) is 26.7 Å². The van der Waals surface area contributed by atoms with Crippen molar-refractivity contribution in [3.63, 3.8) is 0 Å². The van der Waals surface area contributed by atoms with Crippen LogP contribution >= 0.6 is 8.03 Å². The van der Waals surface area contributed by atoms with Crippen LogP contribution in [-0.2, 0) is 32.9 Å². The fourth-order valence-corrected chi connectivity index (χ4v) is 1.86. The van der Waals surface area contributed by atoms with Crippen LogP contribution < -0.4 is 0 Å². The third-order valence-electron chi connectivity index (χ3n) is 2.61. The van der Waals surface area contributed by atoms with Crippen molar-refractivity contribution < 1.29 is 47.6 Å². The van der Waals surface area contributed by atoms with E-state index in [0.717, 1.165) is 0 Å². The molecule has 2 atom stereocenters.